The van der Waals surface area contributed by atoms with E-state index in [0.29, 0.717) is 11.4 Å². The monoisotopic (exact) mass is 324 g/mol. The number of carbonyl (C=O) groups is 1. The zero-order chi connectivity index (χ0) is 17.1. The van der Waals surface area contributed by atoms with Gasteiger partial charge in [0, 0.05) is 12.1 Å². The number of aryl methyl sites for hydroxylation is 2. The fraction of sp³-hybridized carbons (Fsp3) is 0.167. The Kier molecular flexibility index (Phi) is 4.37. The summed E-state index contributed by atoms with van der Waals surface area (Å²) in [5.41, 5.74) is 2.32. The molecule has 0 unspecified atom stereocenters. The Bertz CT molecular complexity index is 888. The molecule has 0 saturated heterocycles. The highest BCUT2D eigenvalue weighted by Crippen LogP contribution is 2.14. The van der Waals surface area contributed by atoms with E-state index >= 15 is 0 Å². The molecule has 0 bridgehead atoms. The quantitative estimate of drug-likeness (QED) is 0.803. The third-order valence-corrected chi connectivity index (χ3v) is 3.71. The fourth-order valence-electron chi connectivity index (χ4n) is 2.41. The zero-order valence-electron chi connectivity index (χ0n) is 13.5. The maximum atomic E-state index is 13.6. The van der Waals surface area contributed by atoms with Crippen LogP contribution in [0.3, 0.4) is 0 Å². The van der Waals surface area contributed by atoms with Crippen molar-refractivity contribution in [2.45, 2.75) is 20.4 Å². The van der Waals surface area contributed by atoms with Crippen LogP contribution in [0.2, 0.25) is 0 Å². The second-order valence-electron chi connectivity index (χ2n) is 5.46. The van der Waals surface area contributed by atoms with Crippen molar-refractivity contribution in [2.24, 2.45) is 0 Å². The van der Waals surface area contributed by atoms with E-state index in [1.807, 2.05) is 31.2 Å². The minimum absolute atomic E-state index is 0.0621. The van der Waals surface area contributed by atoms with Crippen LogP contribution in [0.15, 0.2) is 48.5 Å². The first-order chi connectivity index (χ1) is 11.6. The zero-order valence-corrected chi connectivity index (χ0v) is 13.5. The van der Waals surface area contributed by atoms with Gasteiger partial charge in [-0.1, -0.05) is 36.4 Å². The van der Waals surface area contributed by atoms with Gasteiger partial charge in [0.2, 0.25) is 5.82 Å². The van der Waals surface area contributed by atoms with E-state index in [-0.39, 0.29) is 18.2 Å². The molecule has 0 atom stereocenters. The number of hydrogen-bond acceptors (Lipinski definition) is 3. The summed E-state index contributed by atoms with van der Waals surface area (Å²) >= 11 is 0. The molecule has 0 aliphatic heterocycles. The first kappa shape index (κ1) is 15.9. The summed E-state index contributed by atoms with van der Waals surface area (Å²) in [6.07, 6.45) is 0. The Morgan fingerprint density at radius 2 is 1.83 bits per heavy atom. The second-order valence-corrected chi connectivity index (χ2v) is 5.46. The fourth-order valence-corrected chi connectivity index (χ4v) is 2.41. The summed E-state index contributed by atoms with van der Waals surface area (Å²) in [4.78, 5) is 16.4. The highest BCUT2D eigenvalue weighted by atomic mass is 19.1. The van der Waals surface area contributed by atoms with E-state index in [4.69, 9.17) is 0 Å². The van der Waals surface area contributed by atoms with Gasteiger partial charge in [0.05, 0.1) is 5.69 Å². The maximum absolute atomic E-state index is 13.6. The lowest BCUT2D eigenvalue weighted by atomic mass is 10.2. The van der Waals surface area contributed by atoms with Crippen LogP contribution in [0.5, 0.6) is 0 Å². The SMILES string of the molecule is Cc1ccccc1-n1nc(C(=O)NCc2ccccc2F)nc1C. The van der Waals surface area contributed by atoms with Crippen molar-refractivity contribution >= 4 is 5.91 Å². The minimum atomic E-state index is -0.436. The van der Waals surface area contributed by atoms with Gasteiger partial charge in [0.25, 0.3) is 5.91 Å². The van der Waals surface area contributed by atoms with Gasteiger partial charge in [-0.3, -0.25) is 4.79 Å². The lowest BCUT2D eigenvalue weighted by Gasteiger charge is -2.06. The third-order valence-electron chi connectivity index (χ3n) is 3.71. The Morgan fingerprint density at radius 1 is 1.12 bits per heavy atom. The van der Waals surface area contributed by atoms with Crippen LogP contribution in [0.1, 0.15) is 27.6 Å². The van der Waals surface area contributed by atoms with Gasteiger partial charge in [-0.15, -0.1) is 5.10 Å². The number of benzene rings is 2. The van der Waals surface area contributed by atoms with Crippen molar-refractivity contribution in [3.05, 3.63) is 77.1 Å². The number of hydrogen-bond donors (Lipinski definition) is 1. The average molecular weight is 324 g/mol. The summed E-state index contributed by atoms with van der Waals surface area (Å²) in [6, 6.07) is 14.0. The molecule has 3 aromatic rings. The lowest BCUT2D eigenvalue weighted by Crippen LogP contribution is -2.24. The highest BCUT2D eigenvalue weighted by Gasteiger charge is 2.16. The topological polar surface area (TPSA) is 59.8 Å². The van der Waals surface area contributed by atoms with Crippen molar-refractivity contribution in [3.63, 3.8) is 0 Å². The Morgan fingerprint density at radius 3 is 2.58 bits per heavy atom. The molecule has 1 N–H and O–H groups in total. The predicted octanol–water partition coefficient (Wildman–Crippen LogP) is 2.95. The first-order valence-electron chi connectivity index (χ1n) is 7.57. The van der Waals surface area contributed by atoms with Crippen molar-refractivity contribution in [3.8, 4) is 5.69 Å². The molecule has 3 rings (SSSR count). The first-order valence-corrected chi connectivity index (χ1v) is 7.57. The van der Waals surface area contributed by atoms with Crippen molar-refractivity contribution in [1.29, 1.82) is 0 Å². The van der Waals surface area contributed by atoms with Gasteiger partial charge in [-0.05, 0) is 31.5 Å². The van der Waals surface area contributed by atoms with Gasteiger partial charge in [0.15, 0.2) is 0 Å². The summed E-state index contributed by atoms with van der Waals surface area (Å²) in [6.45, 7) is 3.84. The molecule has 0 fully saturated rings. The number of carbonyl (C=O) groups excluding carboxylic acids is 1. The third kappa shape index (κ3) is 3.17. The molecule has 5 nitrogen and oxygen atoms in total. The molecule has 0 spiro atoms. The molecule has 6 heteroatoms. The Balaban J connectivity index is 1.78. The Labute approximate surface area is 139 Å². The highest BCUT2D eigenvalue weighted by molar-refractivity contribution is 5.90. The molecule has 0 aliphatic rings. The smallest absolute Gasteiger partial charge is 0.291 e. The molecule has 122 valence electrons. The van der Waals surface area contributed by atoms with Gasteiger partial charge >= 0.3 is 0 Å². The average Bonchev–Trinajstić information content (AvgIpc) is 2.96. The molecule has 24 heavy (non-hydrogen) atoms. The lowest BCUT2D eigenvalue weighted by molar-refractivity contribution is 0.0940. The number of rotatable bonds is 4. The predicted molar refractivity (Wildman–Crippen MR) is 88.4 cm³/mol. The van der Waals surface area contributed by atoms with Crippen LogP contribution in [-0.2, 0) is 6.54 Å². The standard InChI is InChI=1S/C18H17FN4O/c1-12-7-3-6-10-16(12)23-13(2)21-17(22-23)18(24)20-11-14-8-4-5-9-15(14)19/h3-10H,11H2,1-2H3,(H,20,24). The van der Waals surface area contributed by atoms with E-state index in [1.54, 1.807) is 29.8 Å². The summed E-state index contributed by atoms with van der Waals surface area (Å²) < 4.78 is 15.2. The van der Waals surface area contributed by atoms with E-state index < -0.39 is 5.91 Å². The number of para-hydroxylation sites is 1. The van der Waals surface area contributed by atoms with Crippen LogP contribution in [0.4, 0.5) is 4.39 Å². The summed E-state index contributed by atoms with van der Waals surface area (Å²) in [5, 5.41) is 6.92. The molecule has 1 aromatic heterocycles. The number of aromatic nitrogens is 3. The molecular formula is C18H17FN4O. The molecule has 1 amide bonds. The van der Waals surface area contributed by atoms with Crippen molar-refractivity contribution in [2.75, 3.05) is 0 Å². The van der Waals surface area contributed by atoms with Crippen LogP contribution in [0.25, 0.3) is 5.69 Å². The van der Waals surface area contributed by atoms with Gasteiger partial charge < -0.3 is 5.32 Å². The number of amides is 1. The minimum Gasteiger partial charge on any atom is -0.345 e. The van der Waals surface area contributed by atoms with Crippen LogP contribution in [0, 0.1) is 19.7 Å². The van der Waals surface area contributed by atoms with E-state index in [1.165, 1.54) is 6.07 Å². The van der Waals surface area contributed by atoms with Crippen LogP contribution < -0.4 is 5.32 Å². The Hall–Kier alpha value is -3.02. The largest absolute Gasteiger partial charge is 0.345 e. The van der Waals surface area contributed by atoms with Crippen molar-refractivity contribution in [1.82, 2.24) is 20.1 Å². The molecule has 2 aromatic carbocycles. The maximum Gasteiger partial charge on any atom is 0.291 e. The molecule has 0 aliphatic carbocycles. The number of nitrogens with one attached hydrogen (secondary N) is 1. The molecule has 0 radical (unpaired) electrons. The van der Waals surface area contributed by atoms with Crippen molar-refractivity contribution < 1.29 is 9.18 Å². The summed E-state index contributed by atoms with van der Waals surface area (Å²) in [7, 11) is 0. The van der Waals surface area contributed by atoms with E-state index in [2.05, 4.69) is 15.4 Å². The molecule has 0 saturated carbocycles. The van der Waals surface area contributed by atoms with Gasteiger partial charge in [0.1, 0.15) is 11.6 Å². The van der Waals surface area contributed by atoms with Gasteiger partial charge in [-0.25, -0.2) is 14.1 Å². The normalized spacial score (nSPS) is 10.6. The van der Waals surface area contributed by atoms with Crippen LogP contribution in [-0.4, -0.2) is 20.7 Å². The van der Waals surface area contributed by atoms with E-state index in [0.717, 1.165) is 11.3 Å². The number of nitrogens with zero attached hydrogens (tertiary/aromatic N) is 3. The second kappa shape index (κ2) is 6.62. The molecular weight excluding hydrogens is 307 g/mol. The molecule has 1 heterocycles. The van der Waals surface area contributed by atoms with Crippen LogP contribution >= 0.6 is 0 Å². The summed E-state index contributed by atoms with van der Waals surface area (Å²) in [5.74, 6) is -0.117. The van der Waals surface area contributed by atoms with Gasteiger partial charge in [-0.2, -0.15) is 0 Å². The number of halogens is 1. The van der Waals surface area contributed by atoms with E-state index in [9.17, 15) is 9.18 Å².